The molecule has 0 saturated heterocycles. The zero-order chi connectivity index (χ0) is 11.1. The SMILES string of the molecule is CCC(CC)=C(C)/C(C#N)=C(\C)CC. The summed E-state index contributed by atoms with van der Waals surface area (Å²) in [7, 11) is 0. The van der Waals surface area contributed by atoms with Crippen molar-refractivity contribution in [2.45, 2.75) is 53.9 Å². The van der Waals surface area contributed by atoms with Crippen molar-refractivity contribution in [1.82, 2.24) is 0 Å². The third-order valence-corrected chi connectivity index (χ3v) is 2.83. The van der Waals surface area contributed by atoms with Crippen molar-refractivity contribution < 1.29 is 0 Å². The van der Waals surface area contributed by atoms with E-state index < -0.39 is 0 Å². The minimum absolute atomic E-state index is 0.895. The van der Waals surface area contributed by atoms with Gasteiger partial charge in [-0.05, 0) is 38.7 Å². The van der Waals surface area contributed by atoms with Crippen LogP contribution in [0.25, 0.3) is 0 Å². The van der Waals surface area contributed by atoms with Gasteiger partial charge in [0.2, 0.25) is 0 Å². The Morgan fingerprint density at radius 2 is 1.50 bits per heavy atom. The smallest absolute Gasteiger partial charge is 0.0993 e. The second kappa shape index (κ2) is 6.43. The summed E-state index contributed by atoms with van der Waals surface area (Å²) in [5.41, 5.74) is 4.68. The van der Waals surface area contributed by atoms with Gasteiger partial charge in [0.05, 0.1) is 11.6 Å². The molecule has 0 rings (SSSR count). The van der Waals surface area contributed by atoms with E-state index in [2.05, 4.69) is 33.8 Å². The molecule has 0 saturated carbocycles. The van der Waals surface area contributed by atoms with Crippen LogP contribution in [0.3, 0.4) is 0 Å². The van der Waals surface area contributed by atoms with Gasteiger partial charge in [-0.3, -0.25) is 0 Å². The molecule has 0 aromatic heterocycles. The Hall–Kier alpha value is -1.03. The second-order valence-electron chi connectivity index (χ2n) is 3.56. The van der Waals surface area contributed by atoms with Crippen LogP contribution < -0.4 is 0 Å². The summed E-state index contributed by atoms with van der Waals surface area (Å²) in [5.74, 6) is 0. The van der Waals surface area contributed by atoms with E-state index in [4.69, 9.17) is 5.26 Å². The largest absolute Gasteiger partial charge is 0.192 e. The standard InChI is InChI=1S/C13H21N/c1-6-10(4)13(9-14)11(5)12(7-2)8-3/h6-8H2,1-5H3/b13-10+. The van der Waals surface area contributed by atoms with Gasteiger partial charge < -0.3 is 0 Å². The summed E-state index contributed by atoms with van der Waals surface area (Å²) in [6.45, 7) is 10.5. The first-order chi connectivity index (χ1) is 6.62. The van der Waals surface area contributed by atoms with Gasteiger partial charge in [0.1, 0.15) is 0 Å². The van der Waals surface area contributed by atoms with E-state index in [1.807, 2.05) is 6.92 Å². The molecule has 0 aliphatic carbocycles. The van der Waals surface area contributed by atoms with Crippen molar-refractivity contribution in [3.8, 4) is 6.07 Å². The van der Waals surface area contributed by atoms with Crippen molar-refractivity contribution >= 4 is 0 Å². The summed E-state index contributed by atoms with van der Waals surface area (Å²) in [4.78, 5) is 0. The Morgan fingerprint density at radius 3 is 1.79 bits per heavy atom. The van der Waals surface area contributed by atoms with Gasteiger partial charge in [0.15, 0.2) is 0 Å². The van der Waals surface area contributed by atoms with Gasteiger partial charge in [-0.25, -0.2) is 0 Å². The Balaban J connectivity index is 5.28. The number of hydrogen-bond acceptors (Lipinski definition) is 1. The molecule has 0 aliphatic heterocycles. The molecule has 0 aromatic rings. The molecule has 0 aromatic carbocycles. The highest BCUT2D eigenvalue weighted by atomic mass is 14.3. The molecule has 0 radical (unpaired) electrons. The average molecular weight is 191 g/mol. The van der Waals surface area contributed by atoms with Crippen molar-refractivity contribution in [2.75, 3.05) is 0 Å². The van der Waals surface area contributed by atoms with Crippen LogP contribution in [0, 0.1) is 11.3 Å². The van der Waals surface area contributed by atoms with Crippen molar-refractivity contribution in [1.29, 1.82) is 5.26 Å². The third kappa shape index (κ3) is 3.03. The maximum atomic E-state index is 9.10. The Labute approximate surface area is 88.1 Å². The molecule has 0 aliphatic rings. The molecule has 0 N–H and O–H groups in total. The van der Waals surface area contributed by atoms with E-state index in [0.29, 0.717) is 0 Å². The first-order valence-corrected chi connectivity index (χ1v) is 5.41. The lowest BCUT2D eigenvalue weighted by atomic mass is 9.94. The lowest BCUT2D eigenvalue weighted by Crippen LogP contribution is -1.93. The predicted molar refractivity (Wildman–Crippen MR) is 61.9 cm³/mol. The van der Waals surface area contributed by atoms with Gasteiger partial charge in [-0.1, -0.05) is 31.9 Å². The lowest BCUT2D eigenvalue weighted by Gasteiger charge is -2.09. The second-order valence-corrected chi connectivity index (χ2v) is 3.56. The number of nitrogens with zero attached hydrogens (tertiary/aromatic N) is 1. The van der Waals surface area contributed by atoms with E-state index in [1.54, 1.807) is 0 Å². The number of nitriles is 1. The first-order valence-electron chi connectivity index (χ1n) is 5.41. The Bertz CT molecular complexity index is 281. The van der Waals surface area contributed by atoms with Gasteiger partial charge in [-0.15, -0.1) is 0 Å². The molecule has 0 spiro atoms. The van der Waals surface area contributed by atoms with Crippen LogP contribution in [-0.4, -0.2) is 0 Å². The highest BCUT2D eigenvalue weighted by molar-refractivity contribution is 5.46. The first kappa shape index (κ1) is 13.0. The van der Waals surface area contributed by atoms with Crippen LogP contribution >= 0.6 is 0 Å². The summed E-state index contributed by atoms with van der Waals surface area (Å²) in [6, 6.07) is 2.32. The van der Waals surface area contributed by atoms with E-state index >= 15 is 0 Å². The molecular weight excluding hydrogens is 170 g/mol. The predicted octanol–water partition coefficient (Wildman–Crippen LogP) is 4.37. The Kier molecular flexibility index (Phi) is 5.95. The fraction of sp³-hybridized carbons (Fsp3) is 0.615. The van der Waals surface area contributed by atoms with Crippen LogP contribution in [0.2, 0.25) is 0 Å². The van der Waals surface area contributed by atoms with Crippen LogP contribution in [0.4, 0.5) is 0 Å². The zero-order valence-electron chi connectivity index (χ0n) is 10.1. The summed E-state index contributed by atoms with van der Waals surface area (Å²) in [6.07, 6.45) is 3.05. The number of hydrogen-bond donors (Lipinski definition) is 0. The summed E-state index contributed by atoms with van der Waals surface area (Å²) < 4.78 is 0. The molecule has 0 atom stereocenters. The molecule has 0 bridgehead atoms. The van der Waals surface area contributed by atoms with Gasteiger partial charge >= 0.3 is 0 Å². The molecule has 1 nitrogen and oxygen atoms in total. The average Bonchev–Trinajstić information content (AvgIpc) is 2.20. The van der Waals surface area contributed by atoms with Crippen LogP contribution in [0.15, 0.2) is 22.3 Å². The van der Waals surface area contributed by atoms with Crippen molar-refractivity contribution in [3.05, 3.63) is 22.3 Å². The minimum Gasteiger partial charge on any atom is -0.192 e. The maximum Gasteiger partial charge on any atom is 0.0993 e. The fourth-order valence-electron chi connectivity index (χ4n) is 1.63. The van der Waals surface area contributed by atoms with E-state index in [9.17, 15) is 0 Å². The minimum atomic E-state index is 0.895. The Morgan fingerprint density at radius 1 is 1.00 bits per heavy atom. The summed E-state index contributed by atoms with van der Waals surface area (Å²) in [5, 5.41) is 9.10. The van der Waals surface area contributed by atoms with Gasteiger partial charge in [-0.2, -0.15) is 5.26 Å². The number of allylic oxidation sites excluding steroid dienone is 4. The van der Waals surface area contributed by atoms with Crippen LogP contribution in [-0.2, 0) is 0 Å². The zero-order valence-corrected chi connectivity index (χ0v) is 10.1. The molecule has 0 unspecified atom stereocenters. The van der Waals surface area contributed by atoms with E-state index in [0.717, 1.165) is 24.8 Å². The monoisotopic (exact) mass is 191 g/mol. The van der Waals surface area contributed by atoms with Gasteiger partial charge in [0, 0.05) is 0 Å². The molecule has 1 heteroatoms. The lowest BCUT2D eigenvalue weighted by molar-refractivity contribution is 0.945. The van der Waals surface area contributed by atoms with E-state index in [-0.39, 0.29) is 0 Å². The normalized spacial score (nSPS) is 11.7. The molecule has 14 heavy (non-hydrogen) atoms. The highest BCUT2D eigenvalue weighted by Gasteiger charge is 2.06. The molecule has 0 amide bonds. The molecule has 0 heterocycles. The molecular formula is C13H21N. The van der Waals surface area contributed by atoms with Crippen LogP contribution in [0.5, 0.6) is 0 Å². The molecule has 78 valence electrons. The highest BCUT2D eigenvalue weighted by Crippen LogP contribution is 2.22. The molecule has 0 fully saturated rings. The quantitative estimate of drug-likeness (QED) is 0.478. The number of rotatable bonds is 4. The third-order valence-electron chi connectivity index (χ3n) is 2.83. The van der Waals surface area contributed by atoms with Crippen LogP contribution in [0.1, 0.15) is 53.9 Å². The van der Waals surface area contributed by atoms with Gasteiger partial charge in [0.25, 0.3) is 0 Å². The maximum absolute atomic E-state index is 9.10. The van der Waals surface area contributed by atoms with E-state index in [1.165, 1.54) is 16.7 Å². The summed E-state index contributed by atoms with van der Waals surface area (Å²) >= 11 is 0. The van der Waals surface area contributed by atoms with Crippen molar-refractivity contribution in [3.63, 3.8) is 0 Å². The topological polar surface area (TPSA) is 23.8 Å². The van der Waals surface area contributed by atoms with Crippen molar-refractivity contribution in [2.24, 2.45) is 0 Å². The fourth-order valence-corrected chi connectivity index (χ4v) is 1.63.